The number of aromatic carboxylic acids is 1. The highest BCUT2D eigenvalue weighted by Gasteiger charge is 2.49. The lowest BCUT2D eigenvalue weighted by molar-refractivity contribution is -0.0796. The lowest BCUT2D eigenvalue weighted by atomic mass is 9.66. The zero-order valence-electron chi connectivity index (χ0n) is 19.0. The van der Waals surface area contributed by atoms with E-state index in [-0.39, 0.29) is 17.1 Å². The molecule has 1 aromatic carbocycles. The third-order valence-corrected chi connectivity index (χ3v) is 8.14. The van der Waals surface area contributed by atoms with Crippen molar-refractivity contribution >= 4 is 35.0 Å². The van der Waals surface area contributed by atoms with Crippen molar-refractivity contribution < 1.29 is 19.2 Å². The molecule has 2 aliphatic carbocycles. The van der Waals surface area contributed by atoms with Gasteiger partial charge in [0.1, 0.15) is 17.3 Å². The van der Waals surface area contributed by atoms with Crippen LogP contribution in [0.1, 0.15) is 59.7 Å². The van der Waals surface area contributed by atoms with E-state index in [0.717, 1.165) is 62.3 Å². The first-order chi connectivity index (χ1) is 16.9. The number of hydrogen-bond acceptors (Lipinski definition) is 6. The summed E-state index contributed by atoms with van der Waals surface area (Å²) in [7, 11) is 0. The van der Waals surface area contributed by atoms with Gasteiger partial charge in [0.15, 0.2) is 0 Å². The van der Waals surface area contributed by atoms with Gasteiger partial charge < -0.3 is 19.3 Å². The fraction of sp³-hybridized carbons (Fsp3) is 0.423. The van der Waals surface area contributed by atoms with Crippen LogP contribution in [0.3, 0.4) is 0 Å². The number of anilines is 1. The molecule has 0 atom stereocenters. The molecule has 7 nitrogen and oxygen atoms in total. The summed E-state index contributed by atoms with van der Waals surface area (Å²) in [5, 5.41) is 14.5. The van der Waals surface area contributed by atoms with Crippen molar-refractivity contribution in [3.8, 4) is 11.3 Å². The maximum atomic E-state index is 11.1. The molecular weight excluding hydrogens is 489 g/mol. The lowest BCUT2D eigenvalue weighted by Crippen LogP contribution is -2.44. The van der Waals surface area contributed by atoms with Crippen molar-refractivity contribution in [1.82, 2.24) is 10.1 Å². The quantitative estimate of drug-likeness (QED) is 0.402. The van der Waals surface area contributed by atoms with E-state index in [1.165, 1.54) is 6.20 Å². The molecule has 2 saturated carbocycles. The number of pyridine rings is 1. The Balaban J connectivity index is 1.11. The van der Waals surface area contributed by atoms with Crippen LogP contribution in [0.25, 0.3) is 11.3 Å². The Morgan fingerprint density at radius 2 is 1.97 bits per heavy atom. The Kier molecular flexibility index (Phi) is 5.74. The van der Waals surface area contributed by atoms with Gasteiger partial charge in [-0.25, -0.2) is 9.78 Å². The molecule has 0 amide bonds. The normalized spacial score (nSPS) is 23.6. The minimum atomic E-state index is -0.960. The van der Waals surface area contributed by atoms with E-state index in [1.54, 1.807) is 12.1 Å². The van der Waals surface area contributed by atoms with Crippen LogP contribution in [0.2, 0.25) is 10.0 Å². The molecule has 35 heavy (non-hydrogen) atoms. The summed E-state index contributed by atoms with van der Waals surface area (Å²) in [4.78, 5) is 17.7. The minimum absolute atomic E-state index is 0.175. The van der Waals surface area contributed by atoms with E-state index in [1.807, 2.05) is 18.2 Å². The highest BCUT2D eigenvalue weighted by atomic mass is 35.5. The molecule has 1 N–H and O–H groups in total. The second kappa shape index (κ2) is 8.80. The number of aromatic nitrogens is 2. The molecule has 0 bridgehead atoms. The summed E-state index contributed by atoms with van der Waals surface area (Å²) < 4.78 is 12.1. The number of carbonyl (C=O) groups is 1. The van der Waals surface area contributed by atoms with Gasteiger partial charge in [0.05, 0.1) is 28.3 Å². The first-order valence-electron chi connectivity index (χ1n) is 11.9. The summed E-state index contributed by atoms with van der Waals surface area (Å²) in [5.41, 5.74) is 2.76. The van der Waals surface area contributed by atoms with Crippen molar-refractivity contribution in [2.45, 2.75) is 50.7 Å². The molecule has 3 fully saturated rings. The summed E-state index contributed by atoms with van der Waals surface area (Å²) in [6.07, 6.45) is 6.86. The Morgan fingerprint density at radius 3 is 2.63 bits per heavy atom. The zero-order valence-corrected chi connectivity index (χ0v) is 20.6. The van der Waals surface area contributed by atoms with Gasteiger partial charge in [-0.05, 0) is 61.8 Å². The average Bonchev–Trinajstić information content (AvgIpc) is 3.43. The Labute approximate surface area is 213 Å². The smallest absolute Gasteiger partial charge is 0.337 e. The average molecular weight is 514 g/mol. The van der Waals surface area contributed by atoms with Gasteiger partial charge in [0.2, 0.25) is 0 Å². The van der Waals surface area contributed by atoms with Crippen molar-refractivity contribution in [1.29, 1.82) is 0 Å². The number of nitrogens with zero attached hydrogens (tertiary/aromatic N) is 3. The molecule has 3 heterocycles. The van der Waals surface area contributed by atoms with Crippen LogP contribution in [0.4, 0.5) is 5.82 Å². The van der Waals surface area contributed by atoms with Gasteiger partial charge >= 0.3 is 5.97 Å². The van der Waals surface area contributed by atoms with Crippen LogP contribution in [0, 0.1) is 5.41 Å². The lowest BCUT2D eigenvalue weighted by Gasteiger charge is -2.44. The third-order valence-electron chi connectivity index (χ3n) is 7.51. The number of carboxylic acids is 1. The highest BCUT2D eigenvalue weighted by molar-refractivity contribution is 6.39. The first kappa shape index (κ1) is 22.8. The van der Waals surface area contributed by atoms with Crippen molar-refractivity contribution in [3.05, 3.63) is 63.5 Å². The van der Waals surface area contributed by atoms with Crippen LogP contribution in [0.5, 0.6) is 0 Å². The summed E-state index contributed by atoms with van der Waals surface area (Å²) in [6, 6.07) is 8.85. The molecule has 2 aromatic heterocycles. The molecule has 3 aromatic rings. The summed E-state index contributed by atoms with van der Waals surface area (Å²) >= 11 is 12.9. The Morgan fingerprint density at radius 1 is 1.20 bits per heavy atom. The minimum Gasteiger partial charge on any atom is -0.478 e. The summed E-state index contributed by atoms with van der Waals surface area (Å²) in [6.45, 7) is 2.25. The van der Waals surface area contributed by atoms with Crippen LogP contribution in [0.15, 0.2) is 41.1 Å². The number of ether oxygens (including phenoxy) is 1. The van der Waals surface area contributed by atoms with Crippen LogP contribution < -0.4 is 4.90 Å². The zero-order chi connectivity index (χ0) is 24.2. The van der Waals surface area contributed by atoms with Crippen LogP contribution in [-0.4, -0.2) is 40.4 Å². The molecule has 182 valence electrons. The molecule has 0 unspecified atom stereocenters. The number of carboxylic acid groups (broad SMARTS) is 1. The molecular formula is C26H25Cl2N3O4. The van der Waals surface area contributed by atoms with Crippen LogP contribution >= 0.6 is 23.2 Å². The molecule has 1 spiro atoms. The monoisotopic (exact) mass is 513 g/mol. The predicted molar refractivity (Wildman–Crippen MR) is 132 cm³/mol. The molecule has 1 aliphatic heterocycles. The maximum absolute atomic E-state index is 11.1. The van der Waals surface area contributed by atoms with Gasteiger partial charge in [0.25, 0.3) is 0 Å². The number of benzene rings is 1. The third kappa shape index (κ3) is 4.30. The van der Waals surface area contributed by atoms with E-state index in [9.17, 15) is 4.79 Å². The van der Waals surface area contributed by atoms with E-state index in [0.29, 0.717) is 33.8 Å². The van der Waals surface area contributed by atoms with Gasteiger partial charge in [-0.15, -0.1) is 0 Å². The van der Waals surface area contributed by atoms with E-state index < -0.39 is 5.97 Å². The van der Waals surface area contributed by atoms with E-state index >= 15 is 0 Å². The molecule has 1 saturated heterocycles. The molecule has 6 rings (SSSR count). The predicted octanol–water partition coefficient (Wildman–Crippen LogP) is 6.19. The van der Waals surface area contributed by atoms with Gasteiger partial charge in [-0.3, -0.25) is 0 Å². The standard InChI is InChI=1S/C26H25Cl2N3O4/c27-19-2-1-3-20(28)22(19)23-18(24(35-30-23)15-4-5-15)13-34-17-10-26(11-17)8-9-31(14-26)21-7-6-16(12-29-21)25(32)33/h1-3,6-7,12,15,17H,4-5,8-11,13-14H2,(H,32,33). The fourth-order valence-corrected chi connectivity index (χ4v) is 6.01. The topological polar surface area (TPSA) is 88.7 Å². The van der Waals surface area contributed by atoms with Crippen molar-refractivity contribution in [2.24, 2.45) is 5.41 Å². The SMILES string of the molecule is O=C(O)c1ccc(N2CCC3(CC(OCc4c(-c5c(Cl)cccc5Cl)noc4C4CC4)C3)C2)nc1. The van der Waals surface area contributed by atoms with Crippen LogP contribution in [-0.2, 0) is 11.3 Å². The van der Waals surface area contributed by atoms with Crippen molar-refractivity contribution in [3.63, 3.8) is 0 Å². The highest BCUT2D eigenvalue weighted by Crippen LogP contribution is 2.51. The molecule has 9 heteroatoms. The Hall–Kier alpha value is -2.61. The van der Waals surface area contributed by atoms with Crippen molar-refractivity contribution in [2.75, 3.05) is 18.0 Å². The largest absolute Gasteiger partial charge is 0.478 e. The number of rotatable bonds is 7. The van der Waals surface area contributed by atoms with E-state index in [4.69, 9.17) is 37.6 Å². The molecule has 3 aliphatic rings. The van der Waals surface area contributed by atoms with Gasteiger partial charge in [-0.2, -0.15) is 0 Å². The van der Waals surface area contributed by atoms with Gasteiger partial charge in [-0.1, -0.05) is 34.4 Å². The fourth-order valence-electron chi connectivity index (χ4n) is 5.44. The second-order valence-electron chi connectivity index (χ2n) is 9.97. The summed E-state index contributed by atoms with van der Waals surface area (Å²) in [5.74, 6) is 1.16. The Bertz CT molecular complexity index is 1250. The molecule has 0 radical (unpaired) electrons. The number of hydrogen-bond donors (Lipinski definition) is 1. The number of halogens is 2. The second-order valence-corrected chi connectivity index (χ2v) is 10.8. The maximum Gasteiger partial charge on any atom is 0.337 e. The van der Waals surface area contributed by atoms with E-state index in [2.05, 4.69) is 15.0 Å². The first-order valence-corrected chi connectivity index (χ1v) is 12.7. The van der Waals surface area contributed by atoms with Gasteiger partial charge in [0, 0.05) is 36.3 Å².